The van der Waals surface area contributed by atoms with Gasteiger partial charge in [-0.15, -0.1) is 10.2 Å². The zero-order chi connectivity index (χ0) is 16.2. The van der Waals surface area contributed by atoms with Gasteiger partial charge in [0.1, 0.15) is 5.82 Å². The predicted molar refractivity (Wildman–Crippen MR) is 95.0 cm³/mol. The maximum absolute atomic E-state index is 4.35. The van der Waals surface area contributed by atoms with Gasteiger partial charge in [-0.1, -0.05) is 50.5 Å². The Hall–Kier alpha value is -2.56. The molecule has 0 fully saturated rings. The fourth-order valence-corrected chi connectivity index (χ4v) is 2.00. The highest BCUT2D eigenvalue weighted by atomic mass is 15.4. The summed E-state index contributed by atoms with van der Waals surface area (Å²) in [6.07, 6.45) is 7.21. The molecule has 0 aliphatic carbocycles. The first-order valence-corrected chi connectivity index (χ1v) is 8.09. The Kier molecular flexibility index (Phi) is 7.46. The van der Waals surface area contributed by atoms with Crippen molar-refractivity contribution in [2.75, 3.05) is 5.43 Å². The summed E-state index contributed by atoms with van der Waals surface area (Å²) in [7, 11) is 0. The molecule has 0 aliphatic heterocycles. The predicted octanol–water partition coefficient (Wildman–Crippen LogP) is 5.56. The molecular formula is C18H23N5. The molecule has 1 aromatic carbocycles. The van der Waals surface area contributed by atoms with Crippen LogP contribution in [0.1, 0.15) is 39.0 Å². The molecule has 0 unspecified atom stereocenters. The van der Waals surface area contributed by atoms with E-state index in [0.717, 1.165) is 18.5 Å². The van der Waals surface area contributed by atoms with Crippen molar-refractivity contribution in [3.8, 4) is 0 Å². The maximum Gasteiger partial charge on any atom is 0.171 e. The fraction of sp³-hybridized carbons (Fsp3) is 0.333. The van der Waals surface area contributed by atoms with Crippen molar-refractivity contribution in [1.82, 2.24) is 4.98 Å². The lowest BCUT2D eigenvalue weighted by atomic mass is 10.1. The average Bonchev–Trinajstić information content (AvgIpc) is 2.62. The Balaban J connectivity index is 2.00. The van der Waals surface area contributed by atoms with Crippen LogP contribution in [0.25, 0.3) is 0 Å². The van der Waals surface area contributed by atoms with Crippen molar-refractivity contribution in [3.05, 3.63) is 54.7 Å². The molecule has 0 atom stereocenters. The molecule has 0 amide bonds. The molecule has 5 nitrogen and oxygen atoms in total. The zero-order valence-corrected chi connectivity index (χ0v) is 13.5. The van der Waals surface area contributed by atoms with E-state index >= 15 is 0 Å². The summed E-state index contributed by atoms with van der Waals surface area (Å²) >= 11 is 0. The van der Waals surface area contributed by atoms with Crippen LogP contribution >= 0.6 is 0 Å². The molecule has 1 aromatic heterocycles. The molecule has 0 radical (unpaired) electrons. The second-order valence-electron chi connectivity index (χ2n) is 5.20. The highest BCUT2D eigenvalue weighted by molar-refractivity contribution is 5.83. The summed E-state index contributed by atoms with van der Waals surface area (Å²) in [5.41, 5.74) is 3.77. The minimum absolute atomic E-state index is 0.690. The van der Waals surface area contributed by atoms with Crippen molar-refractivity contribution in [1.29, 1.82) is 0 Å². The van der Waals surface area contributed by atoms with Gasteiger partial charge in [-0.05, 0) is 30.7 Å². The normalized spacial score (nSPS) is 11.8. The van der Waals surface area contributed by atoms with Gasteiger partial charge in [0, 0.05) is 12.6 Å². The van der Waals surface area contributed by atoms with Crippen LogP contribution in [0.2, 0.25) is 0 Å². The van der Waals surface area contributed by atoms with Crippen molar-refractivity contribution in [3.63, 3.8) is 0 Å². The molecule has 0 aliphatic rings. The highest BCUT2D eigenvalue weighted by Gasteiger charge is 1.99. The molecular weight excluding hydrogens is 286 g/mol. The maximum atomic E-state index is 4.35. The summed E-state index contributed by atoms with van der Waals surface area (Å²) in [6.45, 7) is 2.20. The number of nitrogens with one attached hydrogen (secondary N) is 1. The van der Waals surface area contributed by atoms with Gasteiger partial charge in [0.05, 0.1) is 5.69 Å². The summed E-state index contributed by atoms with van der Waals surface area (Å²) in [6, 6.07) is 15.3. The number of pyridine rings is 1. The molecule has 0 bridgehead atoms. The van der Waals surface area contributed by atoms with Crippen molar-refractivity contribution < 1.29 is 0 Å². The van der Waals surface area contributed by atoms with Gasteiger partial charge in [0.25, 0.3) is 0 Å². The molecule has 5 heteroatoms. The van der Waals surface area contributed by atoms with Crippen LogP contribution in [-0.4, -0.2) is 10.8 Å². The van der Waals surface area contributed by atoms with E-state index < -0.39 is 0 Å². The van der Waals surface area contributed by atoms with Gasteiger partial charge in [0.15, 0.2) is 5.84 Å². The van der Waals surface area contributed by atoms with E-state index in [2.05, 4.69) is 32.7 Å². The van der Waals surface area contributed by atoms with Gasteiger partial charge in [0.2, 0.25) is 0 Å². The number of azo groups is 1. The van der Waals surface area contributed by atoms with E-state index in [1.807, 2.05) is 48.5 Å². The highest BCUT2D eigenvalue weighted by Crippen LogP contribution is 2.12. The second-order valence-corrected chi connectivity index (χ2v) is 5.20. The lowest BCUT2D eigenvalue weighted by Crippen LogP contribution is -2.00. The average molecular weight is 309 g/mol. The monoisotopic (exact) mass is 309 g/mol. The molecule has 1 heterocycles. The number of rotatable bonds is 8. The molecule has 2 rings (SSSR count). The summed E-state index contributed by atoms with van der Waals surface area (Å²) < 4.78 is 0. The molecule has 0 saturated heterocycles. The van der Waals surface area contributed by atoms with Gasteiger partial charge < -0.3 is 0 Å². The number of amidine groups is 1. The smallest absolute Gasteiger partial charge is 0.171 e. The van der Waals surface area contributed by atoms with E-state index in [9.17, 15) is 0 Å². The van der Waals surface area contributed by atoms with Crippen LogP contribution in [0.5, 0.6) is 0 Å². The van der Waals surface area contributed by atoms with Gasteiger partial charge >= 0.3 is 0 Å². The van der Waals surface area contributed by atoms with Crippen LogP contribution in [0.15, 0.2) is 70.1 Å². The number of benzene rings is 1. The fourth-order valence-electron chi connectivity index (χ4n) is 2.00. The molecule has 120 valence electrons. The Labute approximate surface area is 137 Å². The van der Waals surface area contributed by atoms with Crippen LogP contribution in [0.4, 0.5) is 11.5 Å². The number of unbranched alkanes of at least 4 members (excludes halogenated alkanes) is 3. The number of anilines is 1. The molecule has 0 spiro atoms. The minimum atomic E-state index is 0.690. The summed E-state index contributed by atoms with van der Waals surface area (Å²) in [5, 5.41) is 12.9. The Morgan fingerprint density at radius 1 is 1.00 bits per heavy atom. The van der Waals surface area contributed by atoms with Crippen molar-refractivity contribution >= 4 is 17.3 Å². The lowest BCUT2D eigenvalue weighted by Gasteiger charge is -2.02. The third kappa shape index (κ3) is 6.82. The van der Waals surface area contributed by atoms with E-state index in [0.29, 0.717) is 11.7 Å². The standard InChI is InChI=1S/C18H23N5/c1-2-3-4-8-14-18(22-20-16-11-6-5-7-12-16)23-21-17-13-9-10-15-19-17/h5-7,9-13,15H,2-4,8,14H2,1H3,(H,19,21)/b22-20+,23-18+. The number of aromatic nitrogens is 1. The first kappa shape index (κ1) is 16.8. The van der Waals surface area contributed by atoms with Crippen LogP contribution < -0.4 is 5.43 Å². The van der Waals surface area contributed by atoms with Crippen LogP contribution in [-0.2, 0) is 0 Å². The van der Waals surface area contributed by atoms with E-state index in [-0.39, 0.29) is 0 Å². The number of hydrazone groups is 1. The van der Waals surface area contributed by atoms with Crippen molar-refractivity contribution in [2.24, 2.45) is 15.3 Å². The van der Waals surface area contributed by atoms with E-state index in [1.54, 1.807) is 6.20 Å². The van der Waals surface area contributed by atoms with Crippen LogP contribution in [0, 0.1) is 0 Å². The first-order valence-electron chi connectivity index (χ1n) is 8.09. The van der Waals surface area contributed by atoms with Crippen LogP contribution in [0.3, 0.4) is 0 Å². The van der Waals surface area contributed by atoms with Gasteiger partial charge in [-0.25, -0.2) is 4.98 Å². The Bertz CT molecular complexity index is 608. The van der Waals surface area contributed by atoms with Gasteiger partial charge in [-0.3, -0.25) is 5.43 Å². The second kappa shape index (κ2) is 10.2. The third-order valence-electron chi connectivity index (χ3n) is 3.26. The molecule has 2 aromatic rings. The first-order chi connectivity index (χ1) is 11.4. The minimum Gasteiger partial charge on any atom is -0.260 e. The third-order valence-corrected chi connectivity index (χ3v) is 3.26. The SMILES string of the molecule is CCCCCCC(/N=N/c1ccccc1)=N\Nc1ccccn1. The van der Waals surface area contributed by atoms with E-state index in [1.165, 1.54) is 19.3 Å². The number of nitrogens with zero attached hydrogens (tertiary/aromatic N) is 4. The molecule has 0 saturated carbocycles. The Morgan fingerprint density at radius 3 is 2.57 bits per heavy atom. The molecule has 1 N–H and O–H groups in total. The summed E-state index contributed by atoms with van der Waals surface area (Å²) in [5.74, 6) is 1.39. The quantitative estimate of drug-likeness (QED) is 0.228. The van der Waals surface area contributed by atoms with Crippen molar-refractivity contribution in [2.45, 2.75) is 39.0 Å². The molecule has 23 heavy (non-hydrogen) atoms. The summed E-state index contributed by atoms with van der Waals surface area (Å²) in [4.78, 5) is 4.19. The largest absolute Gasteiger partial charge is 0.260 e. The zero-order valence-electron chi connectivity index (χ0n) is 13.5. The topological polar surface area (TPSA) is 62.0 Å². The van der Waals surface area contributed by atoms with Gasteiger partial charge in [-0.2, -0.15) is 5.10 Å². The number of hydrogen-bond acceptors (Lipinski definition) is 4. The lowest BCUT2D eigenvalue weighted by molar-refractivity contribution is 0.680. The van der Waals surface area contributed by atoms with E-state index in [4.69, 9.17) is 0 Å². The number of hydrogen-bond donors (Lipinski definition) is 1. The Morgan fingerprint density at radius 2 is 1.83 bits per heavy atom.